The molecule has 1 aliphatic heterocycles. The van der Waals surface area contributed by atoms with Gasteiger partial charge in [-0.2, -0.15) is 0 Å². The van der Waals surface area contributed by atoms with Crippen LogP contribution in [0.4, 0.5) is 0 Å². The van der Waals surface area contributed by atoms with E-state index in [0.717, 1.165) is 5.56 Å². The highest BCUT2D eigenvalue weighted by atomic mass is 16.1. The average Bonchev–Trinajstić information content (AvgIpc) is 2.06. The molecule has 0 aliphatic carbocycles. The van der Waals surface area contributed by atoms with Gasteiger partial charge in [-0.1, -0.05) is 18.2 Å². The van der Waals surface area contributed by atoms with Crippen molar-refractivity contribution in [1.29, 1.82) is 0 Å². The molecule has 1 amide bonds. The Labute approximate surface area is 64.5 Å². The fraction of sp³-hybridized carbons (Fsp3) is 0. The molecule has 1 aromatic carbocycles. The molecule has 1 aliphatic rings. The van der Waals surface area contributed by atoms with E-state index in [-0.39, 0.29) is 5.91 Å². The van der Waals surface area contributed by atoms with E-state index in [2.05, 4.69) is 11.4 Å². The molecule has 0 fully saturated rings. The van der Waals surface area contributed by atoms with Gasteiger partial charge in [-0.25, -0.2) is 5.32 Å². The highest BCUT2D eigenvalue weighted by Gasteiger charge is 2.12. The average molecular weight is 143 g/mol. The number of amides is 1. The molecule has 0 atom stereocenters. The SMILES string of the molecule is O=C1[N]C=[C]c2ccccc21. The second kappa shape index (κ2) is 2.23. The summed E-state index contributed by atoms with van der Waals surface area (Å²) >= 11 is 0. The number of carbonyl (C=O) groups excluding carboxylic acids is 1. The minimum Gasteiger partial charge on any atom is -0.267 e. The standard InChI is InChI=1S/C9H5NO/c11-9-8-4-2-1-3-7(8)5-6-10-9/h1-4,6H. The van der Waals surface area contributed by atoms with Crippen molar-refractivity contribution < 1.29 is 4.79 Å². The lowest BCUT2D eigenvalue weighted by Crippen LogP contribution is -2.15. The lowest BCUT2D eigenvalue weighted by Gasteiger charge is -2.05. The lowest BCUT2D eigenvalue weighted by molar-refractivity contribution is 0.0963. The zero-order valence-electron chi connectivity index (χ0n) is 5.74. The summed E-state index contributed by atoms with van der Waals surface area (Å²) in [4.78, 5) is 11.0. The summed E-state index contributed by atoms with van der Waals surface area (Å²) in [7, 11) is 0. The summed E-state index contributed by atoms with van der Waals surface area (Å²) in [5.74, 6) is -0.181. The first-order valence-electron chi connectivity index (χ1n) is 3.30. The van der Waals surface area contributed by atoms with Gasteiger partial charge in [0.1, 0.15) is 0 Å². The summed E-state index contributed by atoms with van der Waals surface area (Å²) < 4.78 is 0. The Morgan fingerprint density at radius 1 is 1.27 bits per heavy atom. The Morgan fingerprint density at radius 2 is 2.09 bits per heavy atom. The zero-order chi connectivity index (χ0) is 7.68. The number of nitrogens with zero attached hydrogens (tertiary/aromatic N) is 1. The Hall–Kier alpha value is -1.57. The van der Waals surface area contributed by atoms with Crippen molar-refractivity contribution in [2.24, 2.45) is 0 Å². The van der Waals surface area contributed by atoms with Crippen LogP contribution in [0.3, 0.4) is 0 Å². The maximum Gasteiger partial charge on any atom is 0.277 e. The molecule has 0 unspecified atom stereocenters. The fourth-order valence-electron chi connectivity index (χ4n) is 1.03. The molecule has 2 radical (unpaired) electrons. The van der Waals surface area contributed by atoms with Crippen molar-refractivity contribution in [3.05, 3.63) is 47.7 Å². The molecular weight excluding hydrogens is 138 g/mol. The maximum atomic E-state index is 11.0. The van der Waals surface area contributed by atoms with E-state index in [0.29, 0.717) is 5.56 Å². The van der Waals surface area contributed by atoms with Gasteiger partial charge in [0.15, 0.2) is 0 Å². The normalized spacial score (nSPS) is 14.0. The number of fused-ring (bicyclic) bond motifs is 1. The molecule has 0 N–H and O–H groups in total. The van der Waals surface area contributed by atoms with Gasteiger partial charge in [0.05, 0.1) is 0 Å². The third-order valence-electron chi connectivity index (χ3n) is 1.56. The molecule has 11 heavy (non-hydrogen) atoms. The summed E-state index contributed by atoms with van der Waals surface area (Å²) in [5.41, 5.74) is 1.46. The van der Waals surface area contributed by atoms with Crippen LogP contribution in [0.15, 0.2) is 30.5 Å². The number of carbonyl (C=O) groups is 1. The van der Waals surface area contributed by atoms with Gasteiger partial charge in [0, 0.05) is 17.8 Å². The van der Waals surface area contributed by atoms with Crippen molar-refractivity contribution >= 4 is 5.91 Å². The van der Waals surface area contributed by atoms with E-state index in [1.54, 1.807) is 6.07 Å². The fourth-order valence-corrected chi connectivity index (χ4v) is 1.03. The number of rotatable bonds is 0. The zero-order valence-corrected chi connectivity index (χ0v) is 5.74. The Morgan fingerprint density at radius 3 is 2.91 bits per heavy atom. The van der Waals surface area contributed by atoms with E-state index in [1.165, 1.54) is 6.20 Å². The maximum absolute atomic E-state index is 11.0. The monoisotopic (exact) mass is 143 g/mol. The van der Waals surface area contributed by atoms with Crippen LogP contribution in [0.1, 0.15) is 15.9 Å². The first-order valence-corrected chi connectivity index (χ1v) is 3.30. The molecule has 2 rings (SSSR count). The highest BCUT2D eigenvalue weighted by Crippen LogP contribution is 2.11. The van der Waals surface area contributed by atoms with Gasteiger partial charge < -0.3 is 0 Å². The minimum absolute atomic E-state index is 0.181. The van der Waals surface area contributed by atoms with Crippen molar-refractivity contribution in [1.82, 2.24) is 5.32 Å². The van der Waals surface area contributed by atoms with Gasteiger partial charge in [-0.05, 0) is 11.6 Å². The van der Waals surface area contributed by atoms with E-state index in [1.807, 2.05) is 18.2 Å². The van der Waals surface area contributed by atoms with Crippen LogP contribution in [0.25, 0.3) is 0 Å². The summed E-state index contributed by atoms with van der Waals surface area (Å²) in [6, 6.07) is 7.29. The molecule has 1 heterocycles. The predicted molar refractivity (Wildman–Crippen MR) is 39.8 cm³/mol. The third-order valence-corrected chi connectivity index (χ3v) is 1.56. The lowest BCUT2D eigenvalue weighted by atomic mass is 10.1. The van der Waals surface area contributed by atoms with Crippen LogP contribution in [0, 0.1) is 6.08 Å². The molecular formula is C9H5NO. The largest absolute Gasteiger partial charge is 0.277 e. The van der Waals surface area contributed by atoms with Crippen molar-refractivity contribution in [3.8, 4) is 0 Å². The number of benzene rings is 1. The van der Waals surface area contributed by atoms with Crippen molar-refractivity contribution in [2.75, 3.05) is 0 Å². The van der Waals surface area contributed by atoms with E-state index < -0.39 is 0 Å². The van der Waals surface area contributed by atoms with Crippen molar-refractivity contribution in [2.45, 2.75) is 0 Å². The second-order valence-corrected chi connectivity index (χ2v) is 2.25. The molecule has 0 spiro atoms. The van der Waals surface area contributed by atoms with E-state index in [4.69, 9.17) is 0 Å². The molecule has 52 valence electrons. The molecule has 2 heteroatoms. The number of hydrogen-bond acceptors (Lipinski definition) is 1. The summed E-state index contributed by atoms with van der Waals surface area (Å²) in [6.07, 6.45) is 4.29. The van der Waals surface area contributed by atoms with Crippen LogP contribution in [-0.4, -0.2) is 5.91 Å². The van der Waals surface area contributed by atoms with Crippen LogP contribution in [0.2, 0.25) is 0 Å². The predicted octanol–water partition coefficient (Wildman–Crippen LogP) is 1.11. The molecule has 0 saturated heterocycles. The Bertz CT molecular complexity index is 328. The van der Waals surface area contributed by atoms with Crippen LogP contribution < -0.4 is 5.32 Å². The highest BCUT2D eigenvalue weighted by molar-refractivity contribution is 5.97. The molecule has 0 saturated carbocycles. The van der Waals surface area contributed by atoms with Crippen LogP contribution in [-0.2, 0) is 0 Å². The molecule has 0 bridgehead atoms. The smallest absolute Gasteiger partial charge is 0.267 e. The topological polar surface area (TPSA) is 31.2 Å². The first kappa shape index (κ1) is 6.16. The van der Waals surface area contributed by atoms with Gasteiger partial charge in [0.2, 0.25) is 0 Å². The van der Waals surface area contributed by atoms with Gasteiger partial charge in [-0.15, -0.1) is 0 Å². The van der Waals surface area contributed by atoms with E-state index in [9.17, 15) is 4.79 Å². The second-order valence-electron chi connectivity index (χ2n) is 2.25. The quantitative estimate of drug-likeness (QED) is 0.535. The summed E-state index contributed by atoms with van der Waals surface area (Å²) in [6.45, 7) is 0. The van der Waals surface area contributed by atoms with Gasteiger partial charge >= 0.3 is 0 Å². The van der Waals surface area contributed by atoms with Crippen LogP contribution in [0.5, 0.6) is 0 Å². The Kier molecular flexibility index (Phi) is 1.25. The number of hydrogen-bond donors (Lipinski definition) is 0. The minimum atomic E-state index is -0.181. The van der Waals surface area contributed by atoms with E-state index >= 15 is 0 Å². The van der Waals surface area contributed by atoms with Gasteiger partial charge in [-0.3, -0.25) is 4.79 Å². The molecule has 2 nitrogen and oxygen atoms in total. The summed E-state index contributed by atoms with van der Waals surface area (Å²) in [5, 5.41) is 3.60. The first-order chi connectivity index (χ1) is 5.38. The molecule has 1 aromatic rings. The Balaban J connectivity index is 2.63. The van der Waals surface area contributed by atoms with Crippen LogP contribution >= 0.6 is 0 Å². The molecule has 0 aromatic heterocycles. The van der Waals surface area contributed by atoms with Gasteiger partial charge in [0.25, 0.3) is 5.91 Å². The van der Waals surface area contributed by atoms with Crippen molar-refractivity contribution in [3.63, 3.8) is 0 Å². The third kappa shape index (κ3) is 0.923.